The summed E-state index contributed by atoms with van der Waals surface area (Å²) in [6.45, 7) is 0. The number of nitriles is 1. The molecule has 1 heterocycles. The number of rotatable bonds is 6. The number of hydrogen-bond donors (Lipinski definition) is 0. The third-order valence-corrected chi connectivity index (χ3v) is 4.50. The van der Waals surface area contributed by atoms with Crippen molar-refractivity contribution in [3.8, 4) is 11.8 Å². The Balaban J connectivity index is 2.11. The van der Waals surface area contributed by atoms with Crippen LogP contribution >= 0.6 is 0 Å². The predicted octanol–water partition coefficient (Wildman–Crippen LogP) is 2.23. The molecule has 1 aromatic heterocycles. The van der Waals surface area contributed by atoms with Crippen LogP contribution in [-0.4, -0.2) is 24.0 Å². The normalized spacial score (nSPS) is 11.2. The second-order valence-corrected chi connectivity index (χ2v) is 6.74. The molecule has 110 valence electrons. The summed E-state index contributed by atoms with van der Waals surface area (Å²) in [6.07, 6.45) is 2.05. The number of para-hydroxylation sites is 1. The summed E-state index contributed by atoms with van der Waals surface area (Å²) in [5.74, 6) is -0.684. The lowest BCUT2D eigenvalue weighted by atomic mass is 10.3. The highest BCUT2D eigenvalue weighted by molar-refractivity contribution is 7.90. The number of unbranched alkanes of at least 4 members (excludes halogenated alkanes) is 1. The van der Waals surface area contributed by atoms with Crippen molar-refractivity contribution in [2.75, 3.05) is 5.75 Å². The number of benzene rings is 1. The van der Waals surface area contributed by atoms with Crippen molar-refractivity contribution >= 4 is 9.84 Å². The van der Waals surface area contributed by atoms with Crippen molar-refractivity contribution in [2.45, 2.75) is 18.6 Å². The van der Waals surface area contributed by atoms with Gasteiger partial charge in [-0.1, -0.05) is 12.1 Å². The van der Waals surface area contributed by atoms with E-state index in [2.05, 4.69) is 5.10 Å². The number of sulfone groups is 1. The summed E-state index contributed by atoms with van der Waals surface area (Å²) >= 11 is 0. The molecule has 2 rings (SSSR count). The first kappa shape index (κ1) is 15.2. The molecule has 0 amide bonds. The van der Waals surface area contributed by atoms with Crippen molar-refractivity contribution in [1.82, 2.24) is 9.78 Å². The van der Waals surface area contributed by atoms with Crippen molar-refractivity contribution < 1.29 is 12.8 Å². The molecule has 0 atom stereocenters. The van der Waals surface area contributed by atoms with E-state index in [1.54, 1.807) is 24.3 Å². The molecular formula is C14H14FN3O2S. The molecule has 7 heteroatoms. The fourth-order valence-corrected chi connectivity index (χ4v) is 3.21. The maximum absolute atomic E-state index is 13.6. The zero-order valence-corrected chi connectivity index (χ0v) is 12.1. The SMILES string of the molecule is N#CCCCS(=O)(=O)Cc1ccn(-c2ccccc2F)n1. The van der Waals surface area contributed by atoms with E-state index < -0.39 is 15.7 Å². The van der Waals surface area contributed by atoms with E-state index in [9.17, 15) is 12.8 Å². The zero-order valence-electron chi connectivity index (χ0n) is 11.2. The van der Waals surface area contributed by atoms with Crippen LogP contribution < -0.4 is 0 Å². The third-order valence-electron chi connectivity index (χ3n) is 2.86. The van der Waals surface area contributed by atoms with Crippen LogP contribution in [0.15, 0.2) is 36.5 Å². The van der Waals surface area contributed by atoms with Gasteiger partial charge in [-0.2, -0.15) is 10.4 Å². The molecule has 0 bridgehead atoms. The lowest BCUT2D eigenvalue weighted by molar-refractivity contribution is 0.591. The maximum Gasteiger partial charge on any atom is 0.156 e. The van der Waals surface area contributed by atoms with E-state index in [-0.39, 0.29) is 23.6 Å². The lowest BCUT2D eigenvalue weighted by Crippen LogP contribution is -2.10. The molecule has 0 aliphatic heterocycles. The average Bonchev–Trinajstić information content (AvgIpc) is 2.87. The minimum Gasteiger partial charge on any atom is -0.238 e. The highest BCUT2D eigenvalue weighted by Crippen LogP contribution is 2.13. The van der Waals surface area contributed by atoms with Gasteiger partial charge in [0.15, 0.2) is 9.84 Å². The molecule has 0 fully saturated rings. The van der Waals surface area contributed by atoms with E-state index in [4.69, 9.17) is 5.26 Å². The van der Waals surface area contributed by atoms with Crippen LogP contribution in [0, 0.1) is 17.1 Å². The highest BCUT2D eigenvalue weighted by Gasteiger charge is 2.14. The molecular weight excluding hydrogens is 293 g/mol. The number of halogens is 1. The van der Waals surface area contributed by atoms with Crippen LogP contribution in [0.4, 0.5) is 4.39 Å². The van der Waals surface area contributed by atoms with Gasteiger partial charge in [-0.3, -0.25) is 0 Å². The van der Waals surface area contributed by atoms with Crippen LogP contribution in [0.25, 0.3) is 5.69 Å². The second kappa shape index (κ2) is 6.50. The Bertz CT molecular complexity index is 763. The molecule has 5 nitrogen and oxygen atoms in total. The summed E-state index contributed by atoms with van der Waals surface area (Å²) < 4.78 is 38.6. The van der Waals surface area contributed by atoms with Crippen molar-refractivity contribution in [3.63, 3.8) is 0 Å². The Kier molecular flexibility index (Phi) is 4.70. The standard InChI is InChI=1S/C14H14FN3O2S/c15-13-5-1-2-6-14(13)18-9-7-12(17-18)11-21(19,20)10-4-3-8-16/h1-2,5-7,9H,3-4,10-11H2. The van der Waals surface area contributed by atoms with Crippen molar-refractivity contribution in [1.29, 1.82) is 5.26 Å². The highest BCUT2D eigenvalue weighted by atomic mass is 32.2. The summed E-state index contributed by atoms with van der Waals surface area (Å²) in [4.78, 5) is 0. The van der Waals surface area contributed by atoms with Gasteiger partial charge in [0.2, 0.25) is 0 Å². The third kappa shape index (κ3) is 4.13. The van der Waals surface area contributed by atoms with Gasteiger partial charge in [0.05, 0.1) is 23.3 Å². The molecule has 0 aliphatic carbocycles. The number of nitrogens with zero attached hydrogens (tertiary/aromatic N) is 3. The first-order chi connectivity index (χ1) is 10.0. The lowest BCUT2D eigenvalue weighted by Gasteiger charge is -2.03. The van der Waals surface area contributed by atoms with E-state index in [0.29, 0.717) is 12.1 Å². The van der Waals surface area contributed by atoms with E-state index >= 15 is 0 Å². The molecule has 1 aromatic carbocycles. The molecule has 0 spiro atoms. The molecule has 0 unspecified atom stereocenters. The van der Waals surface area contributed by atoms with E-state index in [1.165, 1.54) is 16.9 Å². The Morgan fingerprint density at radius 2 is 2.05 bits per heavy atom. The molecule has 2 aromatic rings. The first-order valence-electron chi connectivity index (χ1n) is 6.39. The van der Waals surface area contributed by atoms with Crippen LogP contribution in [0.5, 0.6) is 0 Å². The Morgan fingerprint density at radius 3 is 2.76 bits per heavy atom. The van der Waals surface area contributed by atoms with Gasteiger partial charge >= 0.3 is 0 Å². The Morgan fingerprint density at radius 1 is 1.29 bits per heavy atom. The van der Waals surface area contributed by atoms with Crippen molar-refractivity contribution in [2.24, 2.45) is 0 Å². The van der Waals surface area contributed by atoms with Gasteiger partial charge in [0.25, 0.3) is 0 Å². The first-order valence-corrected chi connectivity index (χ1v) is 8.21. The predicted molar refractivity (Wildman–Crippen MR) is 75.9 cm³/mol. The van der Waals surface area contributed by atoms with Crippen LogP contribution in [0.1, 0.15) is 18.5 Å². The molecule has 0 radical (unpaired) electrons. The van der Waals surface area contributed by atoms with Gasteiger partial charge in [-0.25, -0.2) is 17.5 Å². The fourth-order valence-electron chi connectivity index (χ4n) is 1.88. The summed E-state index contributed by atoms with van der Waals surface area (Å²) in [5.41, 5.74) is 0.626. The molecule has 0 aliphatic rings. The smallest absolute Gasteiger partial charge is 0.156 e. The maximum atomic E-state index is 13.6. The monoisotopic (exact) mass is 307 g/mol. The average molecular weight is 307 g/mol. The van der Waals surface area contributed by atoms with Crippen LogP contribution in [0.2, 0.25) is 0 Å². The van der Waals surface area contributed by atoms with Crippen molar-refractivity contribution in [3.05, 3.63) is 48.0 Å². The van der Waals surface area contributed by atoms with Gasteiger partial charge in [-0.15, -0.1) is 0 Å². The van der Waals surface area contributed by atoms with Crippen LogP contribution in [0.3, 0.4) is 0 Å². The molecule has 0 saturated heterocycles. The number of hydrogen-bond acceptors (Lipinski definition) is 4. The van der Waals surface area contributed by atoms with Gasteiger partial charge in [0.1, 0.15) is 11.5 Å². The fraction of sp³-hybridized carbons (Fsp3) is 0.286. The van der Waals surface area contributed by atoms with Crippen LogP contribution in [-0.2, 0) is 15.6 Å². The van der Waals surface area contributed by atoms with Gasteiger partial charge < -0.3 is 0 Å². The van der Waals surface area contributed by atoms with Gasteiger partial charge in [0, 0.05) is 12.6 Å². The van der Waals surface area contributed by atoms with E-state index in [1.807, 2.05) is 6.07 Å². The largest absolute Gasteiger partial charge is 0.238 e. The second-order valence-electron chi connectivity index (χ2n) is 4.56. The Labute approximate surface area is 122 Å². The summed E-state index contributed by atoms with van der Waals surface area (Å²) in [5, 5.41) is 12.5. The minimum absolute atomic E-state index is 0.0485. The summed E-state index contributed by atoms with van der Waals surface area (Å²) in [7, 11) is -3.31. The summed E-state index contributed by atoms with van der Waals surface area (Å²) in [6, 6.07) is 9.59. The minimum atomic E-state index is -3.31. The van der Waals surface area contributed by atoms with E-state index in [0.717, 1.165) is 0 Å². The zero-order chi connectivity index (χ0) is 15.3. The van der Waals surface area contributed by atoms with Gasteiger partial charge in [-0.05, 0) is 24.6 Å². The molecule has 21 heavy (non-hydrogen) atoms. The number of aromatic nitrogens is 2. The molecule has 0 N–H and O–H groups in total. The Hall–Kier alpha value is -2.20. The quantitative estimate of drug-likeness (QED) is 0.767. The molecule has 0 saturated carbocycles. The topological polar surface area (TPSA) is 75.8 Å².